The highest BCUT2D eigenvalue weighted by atomic mass is 32.2. The summed E-state index contributed by atoms with van der Waals surface area (Å²) in [5.41, 5.74) is 4.10. The van der Waals surface area contributed by atoms with Gasteiger partial charge in [-0.05, 0) is 42.8 Å². The van der Waals surface area contributed by atoms with E-state index in [4.69, 9.17) is 0 Å². The van der Waals surface area contributed by atoms with E-state index < -0.39 is 9.84 Å². The number of para-hydroxylation sites is 1. The number of aldehydes is 1. The number of carbonyl (C=O) groups excluding carboxylic acids is 1. The molecule has 5 heteroatoms. The standard InChI is InChI=1S/C19H17NO3S/c1-14-16(13-21)12-19(20(14)17-6-4-3-5-7-17)15-8-10-18(11-9-15)24(2,22)23/h3-13H,1-2H3. The van der Waals surface area contributed by atoms with Crippen LogP contribution in [0.1, 0.15) is 16.1 Å². The third kappa shape index (κ3) is 2.90. The van der Waals surface area contributed by atoms with Gasteiger partial charge in [-0.3, -0.25) is 4.79 Å². The average molecular weight is 339 g/mol. The number of hydrogen-bond acceptors (Lipinski definition) is 3. The minimum atomic E-state index is -3.23. The van der Waals surface area contributed by atoms with E-state index in [2.05, 4.69) is 0 Å². The van der Waals surface area contributed by atoms with Crippen LogP contribution in [0.15, 0.2) is 65.6 Å². The summed E-state index contributed by atoms with van der Waals surface area (Å²) in [6.07, 6.45) is 2.02. The van der Waals surface area contributed by atoms with Gasteiger partial charge in [-0.1, -0.05) is 30.3 Å². The van der Waals surface area contributed by atoms with E-state index in [1.54, 1.807) is 24.3 Å². The van der Waals surface area contributed by atoms with Crippen LogP contribution in [0, 0.1) is 6.92 Å². The average Bonchev–Trinajstić information content (AvgIpc) is 2.91. The molecule has 0 aliphatic rings. The van der Waals surface area contributed by atoms with Gasteiger partial charge in [0.15, 0.2) is 16.1 Å². The number of carbonyl (C=O) groups is 1. The summed E-state index contributed by atoms with van der Waals surface area (Å²) in [6, 6.07) is 18.3. The lowest BCUT2D eigenvalue weighted by atomic mass is 10.1. The number of nitrogens with zero attached hydrogens (tertiary/aromatic N) is 1. The first-order valence-electron chi connectivity index (χ1n) is 7.45. The molecule has 0 atom stereocenters. The molecule has 0 fully saturated rings. The Morgan fingerprint density at radius 2 is 1.58 bits per heavy atom. The van der Waals surface area contributed by atoms with Crippen LogP contribution >= 0.6 is 0 Å². The number of benzene rings is 2. The van der Waals surface area contributed by atoms with Crippen LogP contribution < -0.4 is 0 Å². The molecule has 1 aromatic heterocycles. The zero-order valence-corrected chi connectivity index (χ0v) is 14.2. The molecule has 0 aliphatic carbocycles. The lowest BCUT2D eigenvalue weighted by molar-refractivity contribution is 0.112. The highest BCUT2D eigenvalue weighted by molar-refractivity contribution is 7.90. The molecule has 0 radical (unpaired) electrons. The summed E-state index contributed by atoms with van der Waals surface area (Å²) in [7, 11) is -3.23. The van der Waals surface area contributed by atoms with E-state index >= 15 is 0 Å². The molecule has 3 rings (SSSR count). The number of sulfone groups is 1. The predicted octanol–water partition coefficient (Wildman–Crippen LogP) is 3.67. The second kappa shape index (κ2) is 6.09. The van der Waals surface area contributed by atoms with Crippen LogP contribution in [0.2, 0.25) is 0 Å². The molecule has 0 aliphatic heterocycles. The molecule has 2 aromatic carbocycles. The van der Waals surface area contributed by atoms with Crippen molar-refractivity contribution in [1.82, 2.24) is 4.57 Å². The first kappa shape index (κ1) is 16.2. The Morgan fingerprint density at radius 3 is 2.12 bits per heavy atom. The van der Waals surface area contributed by atoms with Crippen LogP contribution in [0.3, 0.4) is 0 Å². The molecule has 1 heterocycles. The minimum absolute atomic E-state index is 0.274. The van der Waals surface area contributed by atoms with E-state index in [0.717, 1.165) is 28.9 Å². The number of rotatable bonds is 4. The van der Waals surface area contributed by atoms with Crippen molar-refractivity contribution >= 4 is 16.1 Å². The molecule has 0 N–H and O–H groups in total. The lowest BCUT2D eigenvalue weighted by Gasteiger charge is -2.12. The Hall–Kier alpha value is -2.66. The van der Waals surface area contributed by atoms with Crippen molar-refractivity contribution in [1.29, 1.82) is 0 Å². The summed E-state index contributed by atoms with van der Waals surface area (Å²) >= 11 is 0. The molecule has 0 unspecified atom stereocenters. The van der Waals surface area contributed by atoms with Gasteiger partial charge in [-0.2, -0.15) is 0 Å². The van der Waals surface area contributed by atoms with Crippen LogP contribution in [0.25, 0.3) is 16.9 Å². The lowest BCUT2D eigenvalue weighted by Crippen LogP contribution is -2.00. The summed E-state index contributed by atoms with van der Waals surface area (Å²) in [5, 5.41) is 0. The maximum atomic E-state index is 11.6. The third-order valence-corrected chi connectivity index (χ3v) is 5.13. The van der Waals surface area contributed by atoms with Crippen molar-refractivity contribution in [2.75, 3.05) is 6.26 Å². The zero-order chi connectivity index (χ0) is 17.3. The van der Waals surface area contributed by atoms with Gasteiger partial charge in [0, 0.05) is 23.2 Å². The minimum Gasteiger partial charge on any atom is -0.313 e. The monoisotopic (exact) mass is 339 g/mol. The first-order valence-corrected chi connectivity index (χ1v) is 9.34. The Bertz CT molecular complexity index is 985. The zero-order valence-electron chi connectivity index (χ0n) is 13.4. The normalized spacial score (nSPS) is 11.4. The number of hydrogen-bond donors (Lipinski definition) is 0. The van der Waals surface area contributed by atoms with E-state index in [-0.39, 0.29) is 4.90 Å². The highest BCUT2D eigenvalue weighted by Gasteiger charge is 2.15. The van der Waals surface area contributed by atoms with Crippen LogP contribution in [-0.4, -0.2) is 25.5 Å². The first-order chi connectivity index (χ1) is 11.4. The largest absolute Gasteiger partial charge is 0.313 e. The fourth-order valence-electron chi connectivity index (χ4n) is 2.74. The summed E-state index contributed by atoms with van der Waals surface area (Å²) in [5.74, 6) is 0. The molecule has 122 valence electrons. The van der Waals surface area contributed by atoms with E-state index in [0.29, 0.717) is 5.56 Å². The number of aromatic nitrogens is 1. The van der Waals surface area contributed by atoms with Gasteiger partial charge in [0.1, 0.15) is 0 Å². The molecule has 3 aromatic rings. The Balaban J connectivity index is 2.20. The van der Waals surface area contributed by atoms with Crippen molar-refractivity contribution in [2.24, 2.45) is 0 Å². The fourth-order valence-corrected chi connectivity index (χ4v) is 3.37. The molecule has 0 bridgehead atoms. The van der Waals surface area contributed by atoms with Crippen molar-refractivity contribution < 1.29 is 13.2 Å². The second-order valence-electron chi connectivity index (χ2n) is 5.66. The van der Waals surface area contributed by atoms with Gasteiger partial charge < -0.3 is 4.57 Å². The van der Waals surface area contributed by atoms with Gasteiger partial charge in [0.05, 0.1) is 10.6 Å². The van der Waals surface area contributed by atoms with Crippen molar-refractivity contribution in [3.8, 4) is 16.9 Å². The maximum absolute atomic E-state index is 11.6. The highest BCUT2D eigenvalue weighted by Crippen LogP contribution is 2.29. The van der Waals surface area contributed by atoms with E-state index in [9.17, 15) is 13.2 Å². The maximum Gasteiger partial charge on any atom is 0.175 e. The smallest absolute Gasteiger partial charge is 0.175 e. The van der Waals surface area contributed by atoms with Gasteiger partial charge in [-0.25, -0.2) is 8.42 Å². The van der Waals surface area contributed by atoms with Crippen molar-refractivity contribution in [2.45, 2.75) is 11.8 Å². The molecular weight excluding hydrogens is 322 g/mol. The van der Waals surface area contributed by atoms with Gasteiger partial charge >= 0.3 is 0 Å². The quantitative estimate of drug-likeness (QED) is 0.682. The molecule has 0 saturated carbocycles. The predicted molar refractivity (Wildman–Crippen MR) is 94.4 cm³/mol. The van der Waals surface area contributed by atoms with Gasteiger partial charge in [-0.15, -0.1) is 0 Å². The summed E-state index contributed by atoms with van der Waals surface area (Å²) in [6.45, 7) is 1.89. The third-order valence-electron chi connectivity index (χ3n) is 4.01. The molecular formula is C19H17NO3S. The Kier molecular flexibility index (Phi) is 4.11. The van der Waals surface area contributed by atoms with Crippen molar-refractivity contribution in [3.63, 3.8) is 0 Å². The molecule has 24 heavy (non-hydrogen) atoms. The summed E-state index contributed by atoms with van der Waals surface area (Å²) in [4.78, 5) is 11.6. The van der Waals surface area contributed by atoms with E-state index in [1.165, 1.54) is 6.26 Å². The van der Waals surface area contributed by atoms with Crippen LogP contribution in [0.4, 0.5) is 0 Å². The topological polar surface area (TPSA) is 56.1 Å². The van der Waals surface area contributed by atoms with E-state index in [1.807, 2.05) is 47.9 Å². The SMILES string of the molecule is Cc1c(C=O)cc(-c2ccc(S(C)(=O)=O)cc2)n1-c1ccccc1. The molecule has 0 saturated heterocycles. The van der Waals surface area contributed by atoms with Crippen LogP contribution in [0.5, 0.6) is 0 Å². The van der Waals surface area contributed by atoms with Crippen LogP contribution in [-0.2, 0) is 9.84 Å². The molecule has 0 amide bonds. The molecule has 4 nitrogen and oxygen atoms in total. The summed E-state index contributed by atoms with van der Waals surface area (Å²) < 4.78 is 25.2. The van der Waals surface area contributed by atoms with Gasteiger partial charge in [0.2, 0.25) is 0 Å². The Labute approximate surface area is 141 Å². The van der Waals surface area contributed by atoms with Gasteiger partial charge in [0.25, 0.3) is 0 Å². The second-order valence-corrected chi connectivity index (χ2v) is 7.67. The molecule has 0 spiro atoms. The van der Waals surface area contributed by atoms with Crippen molar-refractivity contribution in [3.05, 3.63) is 71.9 Å². The Morgan fingerprint density at radius 1 is 0.958 bits per heavy atom. The fraction of sp³-hybridized carbons (Fsp3) is 0.105.